The number of halogens is 2. The Bertz CT molecular complexity index is 1060. The Morgan fingerprint density at radius 3 is 2.61 bits per heavy atom. The number of anilines is 1. The second-order valence-corrected chi connectivity index (χ2v) is 7.03. The zero-order valence-corrected chi connectivity index (χ0v) is 16.6. The van der Waals surface area contributed by atoms with Gasteiger partial charge in [0.2, 0.25) is 0 Å². The largest absolute Gasteiger partial charge is 0.480 e. The van der Waals surface area contributed by atoms with Crippen molar-refractivity contribution >= 4 is 40.8 Å². The number of amides is 1. The summed E-state index contributed by atoms with van der Waals surface area (Å²) in [6.07, 6.45) is 1.44. The van der Waals surface area contributed by atoms with Gasteiger partial charge in [0.1, 0.15) is 6.54 Å². The van der Waals surface area contributed by atoms with Crippen LogP contribution in [0.5, 0.6) is 0 Å². The maximum Gasteiger partial charge on any atom is 0.325 e. The molecular weight excluding hydrogens is 405 g/mol. The molecule has 1 amide bonds. The number of nitrogens with one attached hydrogen (secondary N) is 1. The number of aromatic nitrogens is 4. The second kappa shape index (κ2) is 8.04. The van der Waals surface area contributed by atoms with Gasteiger partial charge in [0, 0.05) is 16.2 Å². The second-order valence-electron chi connectivity index (χ2n) is 6.19. The van der Waals surface area contributed by atoms with E-state index in [-0.39, 0.29) is 12.2 Å². The number of benzene rings is 1. The topological polar surface area (TPSA) is 102 Å². The molecule has 3 aromatic rings. The molecule has 0 aliphatic carbocycles. The molecule has 0 fully saturated rings. The minimum atomic E-state index is -1.04. The van der Waals surface area contributed by atoms with Gasteiger partial charge in [-0.15, -0.1) is 0 Å². The fraction of sp³-hybridized carbons (Fsp3) is 0.222. The number of aliphatic carboxylic acids is 1. The van der Waals surface area contributed by atoms with Gasteiger partial charge in [-0.3, -0.25) is 19.0 Å². The van der Waals surface area contributed by atoms with E-state index >= 15 is 0 Å². The lowest BCUT2D eigenvalue weighted by atomic mass is 10.2. The number of carbonyl (C=O) groups is 2. The summed E-state index contributed by atoms with van der Waals surface area (Å²) in [5.41, 5.74) is 2.93. The van der Waals surface area contributed by atoms with Crippen molar-refractivity contribution in [1.29, 1.82) is 0 Å². The van der Waals surface area contributed by atoms with E-state index in [4.69, 9.17) is 28.3 Å². The summed E-state index contributed by atoms with van der Waals surface area (Å²) in [6, 6.07) is 6.71. The summed E-state index contributed by atoms with van der Waals surface area (Å²) in [6.45, 7) is 3.73. The molecule has 0 saturated heterocycles. The highest BCUT2D eigenvalue weighted by Gasteiger charge is 2.18. The zero-order chi connectivity index (χ0) is 20.4. The molecule has 28 heavy (non-hydrogen) atoms. The van der Waals surface area contributed by atoms with Gasteiger partial charge in [-0.05, 0) is 37.6 Å². The minimum absolute atomic E-state index is 0.119. The van der Waals surface area contributed by atoms with E-state index in [1.54, 1.807) is 23.7 Å². The number of hydrogen-bond donors (Lipinski definition) is 2. The molecule has 0 aliphatic heterocycles. The van der Waals surface area contributed by atoms with E-state index in [9.17, 15) is 9.59 Å². The van der Waals surface area contributed by atoms with Gasteiger partial charge < -0.3 is 10.4 Å². The normalized spacial score (nSPS) is 10.9. The molecule has 0 aliphatic rings. The number of hydrogen-bond acceptors (Lipinski definition) is 4. The SMILES string of the molecule is Cc1nn(Cc2ccc(Cl)cc2Cl)c(C)c1NC(=O)c1ccn(CC(=O)O)n1. The predicted molar refractivity (Wildman–Crippen MR) is 105 cm³/mol. The quantitative estimate of drug-likeness (QED) is 0.634. The van der Waals surface area contributed by atoms with E-state index in [0.29, 0.717) is 28.0 Å². The first-order valence-corrected chi connectivity index (χ1v) is 9.04. The molecule has 146 valence electrons. The highest BCUT2D eigenvalue weighted by Crippen LogP contribution is 2.25. The molecule has 0 unspecified atom stereocenters. The van der Waals surface area contributed by atoms with Crippen LogP contribution in [0.1, 0.15) is 27.4 Å². The number of rotatable bonds is 6. The Balaban J connectivity index is 1.78. The van der Waals surface area contributed by atoms with Crippen molar-refractivity contribution in [2.45, 2.75) is 26.9 Å². The first-order valence-electron chi connectivity index (χ1n) is 8.29. The van der Waals surface area contributed by atoms with Gasteiger partial charge in [-0.2, -0.15) is 10.2 Å². The van der Waals surface area contributed by atoms with Crippen molar-refractivity contribution in [3.8, 4) is 0 Å². The van der Waals surface area contributed by atoms with Gasteiger partial charge in [0.25, 0.3) is 5.91 Å². The third-order valence-electron chi connectivity index (χ3n) is 4.13. The lowest BCUT2D eigenvalue weighted by Gasteiger charge is -2.08. The van der Waals surface area contributed by atoms with Crippen molar-refractivity contribution in [1.82, 2.24) is 19.6 Å². The molecule has 0 saturated carbocycles. The number of carboxylic acids is 1. The summed E-state index contributed by atoms with van der Waals surface area (Å²) < 4.78 is 2.92. The van der Waals surface area contributed by atoms with Crippen molar-refractivity contribution < 1.29 is 14.7 Å². The first kappa shape index (κ1) is 19.9. The lowest BCUT2D eigenvalue weighted by Crippen LogP contribution is -2.16. The van der Waals surface area contributed by atoms with Crippen LogP contribution < -0.4 is 5.32 Å². The fourth-order valence-electron chi connectivity index (χ4n) is 2.73. The molecule has 0 atom stereocenters. The summed E-state index contributed by atoms with van der Waals surface area (Å²) in [5, 5.41) is 21.1. The Labute approximate surface area is 170 Å². The van der Waals surface area contributed by atoms with Gasteiger partial charge in [-0.25, -0.2) is 0 Å². The molecular formula is C18H17Cl2N5O3. The summed E-state index contributed by atoms with van der Waals surface area (Å²) in [4.78, 5) is 23.2. The van der Waals surface area contributed by atoms with Crippen LogP contribution in [-0.4, -0.2) is 36.5 Å². The Hall–Kier alpha value is -2.84. The average Bonchev–Trinajstić information content (AvgIpc) is 3.17. The molecule has 3 rings (SSSR count). The molecule has 1 aromatic carbocycles. The monoisotopic (exact) mass is 421 g/mol. The van der Waals surface area contributed by atoms with Crippen LogP contribution in [0.3, 0.4) is 0 Å². The van der Waals surface area contributed by atoms with Crippen LogP contribution in [-0.2, 0) is 17.9 Å². The van der Waals surface area contributed by atoms with Crippen molar-refractivity contribution in [3.63, 3.8) is 0 Å². The zero-order valence-electron chi connectivity index (χ0n) is 15.1. The highest BCUT2D eigenvalue weighted by atomic mass is 35.5. The number of carbonyl (C=O) groups excluding carboxylic acids is 1. The van der Waals surface area contributed by atoms with Crippen molar-refractivity contribution in [2.75, 3.05) is 5.32 Å². The van der Waals surface area contributed by atoms with E-state index in [1.807, 2.05) is 13.0 Å². The van der Waals surface area contributed by atoms with Gasteiger partial charge >= 0.3 is 5.97 Å². The van der Waals surface area contributed by atoms with Crippen molar-refractivity contribution in [2.24, 2.45) is 0 Å². The predicted octanol–water partition coefficient (Wildman–Crippen LogP) is 3.39. The molecule has 0 spiro atoms. The van der Waals surface area contributed by atoms with E-state index in [1.165, 1.54) is 16.9 Å². The molecule has 2 aromatic heterocycles. The number of nitrogens with zero attached hydrogens (tertiary/aromatic N) is 4. The van der Waals surface area contributed by atoms with Crippen LogP contribution in [0.4, 0.5) is 5.69 Å². The standard InChI is InChI=1S/C18H17Cl2N5O3/c1-10-17(21-18(28)15-5-6-24(23-15)9-16(26)27)11(2)25(22-10)8-12-3-4-13(19)7-14(12)20/h3-7H,8-9H2,1-2H3,(H,21,28)(H,26,27). The smallest absolute Gasteiger partial charge is 0.325 e. The Morgan fingerprint density at radius 2 is 1.93 bits per heavy atom. The Kier molecular flexibility index (Phi) is 5.71. The lowest BCUT2D eigenvalue weighted by molar-refractivity contribution is -0.137. The fourth-order valence-corrected chi connectivity index (χ4v) is 3.20. The molecule has 10 heteroatoms. The van der Waals surface area contributed by atoms with Gasteiger partial charge in [0.05, 0.1) is 23.6 Å². The maximum absolute atomic E-state index is 12.5. The maximum atomic E-state index is 12.5. The van der Waals surface area contributed by atoms with E-state index in [2.05, 4.69) is 15.5 Å². The molecule has 0 radical (unpaired) electrons. The minimum Gasteiger partial charge on any atom is -0.480 e. The van der Waals surface area contributed by atoms with E-state index < -0.39 is 11.9 Å². The van der Waals surface area contributed by atoms with Crippen LogP contribution in [0.2, 0.25) is 10.0 Å². The van der Waals surface area contributed by atoms with Crippen LogP contribution in [0, 0.1) is 13.8 Å². The van der Waals surface area contributed by atoms with Crippen LogP contribution in [0.25, 0.3) is 0 Å². The van der Waals surface area contributed by atoms with Gasteiger partial charge in [0.15, 0.2) is 5.69 Å². The summed E-state index contributed by atoms with van der Waals surface area (Å²) >= 11 is 12.2. The number of aryl methyl sites for hydroxylation is 1. The summed E-state index contributed by atoms with van der Waals surface area (Å²) in [5.74, 6) is -1.48. The summed E-state index contributed by atoms with van der Waals surface area (Å²) in [7, 11) is 0. The van der Waals surface area contributed by atoms with Crippen molar-refractivity contribution in [3.05, 3.63) is 63.2 Å². The number of carboxylic acid groups (broad SMARTS) is 1. The molecule has 8 nitrogen and oxygen atoms in total. The molecule has 2 heterocycles. The van der Waals surface area contributed by atoms with E-state index in [0.717, 1.165) is 11.3 Å². The van der Waals surface area contributed by atoms with Gasteiger partial charge in [-0.1, -0.05) is 29.3 Å². The highest BCUT2D eigenvalue weighted by molar-refractivity contribution is 6.35. The molecule has 2 N–H and O–H groups in total. The van der Waals surface area contributed by atoms with Crippen LogP contribution >= 0.6 is 23.2 Å². The third kappa shape index (κ3) is 4.35. The van der Waals surface area contributed by atoms with Crippen LogP contribution in [0.15, 0.2) is 30.5 Å². The third-order valence-corrected chi connectivity index (χ3v) is 4.71. The molecule has 0 bridgehead atoms. The first-order chi connectivity index (χ1) is 13.2. The average molecular weight is 422 g/mol. The Morgan fingerprint density at radius 1 is 1.18 bits per heavy atom.